The van der Waals surface area contributed by atoms with Crippen LogP contribution in [0.15, 0.2) is 25.8 Å². The van der Waals surface area contributed by atoms with Crippen molar-refractivity contribution in [2.24, 2.45) is 0 Å². The molecule has 1 unspecified atom stereocenters. The van der Waals surface area contributed by atoms with E-state index < -0.39 is 35.7 Å². The molecule has 1 atom stereocenters. The maximum absolute atomic E-state index is 11.4. The number of ether oxygens (including phenoxy) is 2. The summed E-state index contributed by atoms with van der Waals surface area (Å²) in [5.74, 6) is -3.11. The van der Waals surface area contributed by atoms with E-state index in [1.54, 1.807) is 0 Å². The number of rotatable bonds is 6. The van der Waals surface area contributed by atoms with Crippen LogP contribution in [0.5, 0.6) is 0 Å². The second-order valence-corrected chi connectivity index (χ2v) is 4.52. The number of urea groups is 1. The Labute approximate surface area is 133 Å². The molecule has 1 aliphatic rings. The lowest BCUT2D eigenvalue weighted by Crippen LogP contribution is -2.34. The van der Waals surface area contributed by atoms with Gasteiger partial charge in [-0.05, 0) is 6.92 Å². The molecule has 0 radical (unpaired) electrons. The molecule has 0 aliphatic carbocycles. The zero-order valence-corrected chi connectivity index (χ0v) is 12.3. The summed E-state index contributed by atoms with van der Waals surface area (Å²) in [5.41, 5.74) is 0. The molecule has 0 spiro atoms. The molecule has 3 amide bonds. The van der Waals surface area contributed by atoms with Crippen LogP contribution in [0, 0.1) is 6.92 Å². The van der Waals surface area contributed by atoms with Crippen molar-refractivity contribution in [1.29, 1.82) is 0 Å². The summed E-state index contributed by atoms with van der Waals surface area (Å²) in [5, 5.41) is 4.20. The molecule has 0 aromatic carbocycles. The Morgan fingerprint density at radius 1 is 1.12 bits per heavy atom. The number of aryl methyl sites for hydroxylation is 1. The molecule has 1 aromatic heterocycles. The van der Waals surface area contributed by atoms with E-state index in [4.69, 9.17) is 9.47 Å². The van der Waals surface area contributed by atoms with Crippen LogP contribution in [0.4, 0.5) is 4.79 Å². The first-order valence-corrected chi connectivity index (χ1v) is 6.57. The highest BCUT2D eigenvalue weighted by Crippen LogP contribution is 2.06. The summed E-state index contributed by atoms with van der Waals surface area (Å²) in [6, 6.07) is -1.66. The van der Waals surface area contributed by atoms with E-state index in [0.717, 1.165) is 12.2 Å². The Balaban J connectivity index is 1.73. The molecule has 1 aliphatic heterocycles. The lowest BCUT2D eigenvalue weighted by Gasteiger charge is -2.06. The molecule has 2 heterocycles. The third-order valence-electron chi connectivity index (χ3n) is 2.79. The number of hydrogen-bond acceptors (Lipinski definition) is 9. The van der Waals surface area contributed by atoms with Crippen molar-refractivity contribution in [3.05, 3.63) is 34.3 Å². The monoisotopic (exact) mass is 340 g/mol. The fraction of sp³-hybridized carbons (Fsp3) is 0.308. The predicted molar refractivity (Wildman–Crippen MR) is 72.3 cm³/mol. The van der Waals surface area contributed by atoms with Crippen molar-refractivity contribution >= 4 is 23.9 Å². The van der Waals surface area contributed by atoms with Crippen molar-refractivity contribution < 1.29 is 37.5 Å². The highest BCUT2D eigenvalue weighted by molar-refractivity contribution is 6.04. The largest absolute Gasteiger partial charge is 0.519 e. The average molecular weight is 340 g/mol. The number of carbonyl (C=O) groups is 4. The van der Waals surface area contributed by atoms with E-state index in [1.807, 2.05) is 5.32 Å². The summed E-state index contributed by atoms with van der Waals surface area (Å²) in [6.45, 7) is 0.735. The van der Waals surface area contributed by atoms with Gasteiger partial charge in [-0.2, -0.15) is 0 Å². The SMILES string of the molecule is Cc1oc(=O)oc1COC(=O)C=CC(=O)OCC1NC(=O)NC1=O. The van der Waals surface area contributed by atoms with Crippen molar-refractivity contribution in [1.82, 2.24) is 10.6 Å². The van der Waals surface area contributed by atoms with Crippen LogP contribution < -0.4 is 16.5 Å². The molecular formula is C13H12N2O9. The third-order valence-corrected chi connectivity index (χ3v) is 2.79. The molecule has 1 saturated heterocycles. The Hall–Kier alpha value is -3.37. The molecular weight excluding hydrogens is 328 g/mol. The van der Waals surface area contributed by atoms with Crippen molar-refractivity contribution in [3.8, 4) is 0 Å². The molecule has 1 fully saturated rings. The van der Waals surface area contributed by atoms with Gasteiger partial charge in [0.2, 0.25) is 0 Å². The topological polar surface area (TPSA) is 154 Å². The van der Waals surface area contributed by atoms with Gasteiger partial charge in [-0.25, -0.2) is 19.2 Å². The van der Waals surface area contributed by atoms with E-state index in [1.165, 1.54) is 6.92 Å². The van der Waals surface area contributed by atoms with Crippen LogP contribution in [0.3, 0.4) is 0 Å². The van der Waals surface area contributed by atoms with E-state index in [2.05, 4.69) is 14.2 Å². The van der Waals surface area contributed by atoms with Gasteiger partial charge in [0.25, 0.3) is 5.91 Å². The van der Waals surface area contributed by atoms with Crippen molar-refractivity contribution in [2.45, 2.75) is 19.6 Å². The maximum Gasteiger partial charge on any atom is 0.519 e. The molecule has 128 valence electrons. The molecule has 0 saturated carbocycles. The average Bonchev–Trinajstić information content (AvgIpc) is 3.01. The van der Waals surface area contributed by atoms with Crippen LogP contribution in [0.2, 0.25) is 0 Å². The smallest absolute Gasteiger partial charge is 0.460 e. The summed E-state index contributed by atoms with van der Waals surface area (Å²) >= 11 is 0. The fourth-order valence-corrected chi connectivity index (χ4v) is 1.62. The van der Waals surface area contributed by atoms with Gasteiger partial charge in [0, 0.05) is 12.2 Å². The quantitative estimate of drug-likeness (QED) is 0.372. The third kappa shape index (κ3) is 4.56. The summed E-state index contributed by atoms with van der Waals surface area (Å²) in [4.78, 5) is 55.6. The van der Waals surface area contributed by atoms with Gasteiger partial charge in [0.05, 0.1) is 0 Å². The van der Waals surface area contributed by atoms with Gasteiger partial charge in [0.1, 0.15) is 12.6 Å². The molecule has 2 N–H and O–H groups in total. The molecule has 24 heavy (non-hydrogen) atoms. The van der Waals surface area contributed by atoms with Gasteiger partial charge >= 0.3 is 23.8 Å². The Morgan fingerprint density at radius 2 is 1.79 bits per heavy atom. The van der Waals surface area contributed by atoms with Crippen molar-refractivity contribution in [2.75, 3.05) is 6.61 Å². The first-order chi connectivity index (χ1) is 11.3. The fourth-order valence-electron chi connectivity index (χ4n) is 1.62. The van der Waals surface area contributed by atoms with Gasteiger partial charge in [-0.3, -0.25) is 10.1 Å². The lowest BCUT2D eigenvalue weighted by atomic mass is 10.3. The minimum absolute atomic E-state index is 0.0484. The molecule has 1 aromatic rings. The molecule has 11 heteroatoms. The normalized spacial score (nSPS) is 16.8. The zero-order chi connectivity index (χ0) is 17.7. The van der Waals surface area contributed by atoms with Crippen LogP contribution >= 0.6 is 0 Å². The minimum Gasteiger partial charge on any atom is -0.460 e. The van der Waals surface area contributed by atoms with E-state index >= 15 is 0 Å². The van der Waals surface area contributed by atoms with E-state index in [9.17, 15) is 24.0 Å². The van der Waals surface area contributed by atoms with E-state index in [0.29, 0.717) is 0 Å². The Bertz CT molecular complexity index is 758. The standard InChI is InChI=1S/C13H12N2O9/c1-6-8(24-13(20)23-6)5-22-10(17)3-2-9(16)21-4-7-11(18)15-12(19)14-7/h2-3,7H,4-5H2,1H3,(H2,14,15,18,19). The van der Waals surface area contributed by atoms with Gasteiger partial charge in [0.15, 0.2) is 18.1 Å². The molecule has 2 rings (SSSR count). The Kier molecular flexibility index (Phi) is 5.14. The maximum atomic E-state index is 11.4. The second kappa shape index (κ2) is 7.26. The summed E-state index contributed by atoms with van der Waals surface area (Å²) in [6.07, 6.45) is 1.58. The van der Waals surface area contributed by atoms with Gasteiger partial charge in [-0.15, -0.1) is 0 Å². The highest BCUT2D eigenvalue weighted by Gasteiger charge is 2.30. The van der Waals surface area contributed by atoms with Crippen LogP contribution in [-0.4, -0.2) is 36.5 Å². The molecule has 0 bridgehead atoms. The number of carbonyl (C=O) groups excluding carboxylic acids is 4. The second-order valence-electron chi connectivity index (χ2n) is 4.52. The molecule has 11 nitrogen and oxygen atoms in total. The number of esters is 2. The summed E-state index contributed by atoms with van der Waals surface area (Å²) in [7, 11) is 0. The number of nitrogens with one attached hydrogen (secondary N) is 2. The first kappa shape index (κ1) is 17.0. The number of amides is 3. The number of imide groups is 1. The van der Waals surface area contributed by atoms with E-state index in [-0.39, 0.29) is 24.7 Å². The van der Waals surface area contributed by atoms with Gasteiger partial charge < -0.3 is 23.6 Å². The first-order valence-electron chi connectivity index (χ1n) is 6.57. The van der Waals surface area contributed by atoms with Crippen LogP contribution in [0.25, 0.3) is 0 Å². The van der Waals surface area contributed by atoms with Crippen LogP contribution in [-0.2, 0) is 30.5 Å². The van der Waals surface area contributed by atoms with Gasteiger partial charge in [-0.1, -0.05) is 0 Å². The zero-order valence-electron chi connectivity index (χ0n) is 12.3. The minimum atomic E-state index is -0.978. The summed E-state index contributed by atoms with van der Waals surface area (Å²) < 4.78 is 18.6. The lowest BCUT2D eigenvalue weighted by molar-refractivity contribution is -0.142. The van der Waals surface area contributed by atoms with Crippen LogP contribution in [0.1, 0.15) is 11.5 Å². The highest BCUT2D eigenvalue weighted by atomic mass is 16.6. The Morgan fingerprint density at radius 3 is 2.33 bits per heavy atom. The van der Waals surface area contributed by atoms with Crippen molar-refractivity contribution in [3.63, 3.8) is 0 Å². The number of hydrogen-bond donors (Lipinski definition) is 2. The predicted octanol–water partition coefficient (Wildman–Crippen LogP) is -1.11.